The molecule has 6 heteroatoms. The van der Waals surface area contributed by atoms with E-state index in [0.717, 1.165) is 21.1 Å². The average Bonchev–Trinajstić information content (AvgIpc) is 2.81. The highest BCUT2D eigenvalue weighted by Gasteiger charge is 2.16. The molecule has 1 heterocycles. The van der Waals surface area contributed by atoms with Gasteiger partial charge in [-0.3, -0.25) is 4.79 Å². The van der Waals surface area contributed by atoms with Crippen molar-refractivity contribution >= 4 is 29.7 Å². The number of carbonyl (C=O) groups excluding carboxylic acids is 1. The van der Waals surface area contributed by atoms with E-state index in [1.54, 1.807) is 11.3 Å². The van der Waals surface area contributed by atoms with Gasteiger partial charge in [0.15, 0.2) is 0 Å². The van der Waals surface area contributed by atoms with Crippen LogP contribution >= 0.6 is 23.7 Å². The molecule has 0 aliphatic carbocycles. The van der Waals surface area contributed by atoms with Crippen molar-refractivity contribution in [1.29, 1.82) is 0 Å². The van der Waals surface area contributed by atoms with Crippen LogP contribution in [0.25, 0.3) is 10.6 Å². The van der Waals surface area contributed by atoms with Crippen molar-refractivity contribution in [2.75, 3.05) is 6.54 Å². The zero-order valence-corrected chi connectivity index (χ0v) is 13.1. The monoisotopic (exact) mass is 311 g/mol. The van der Waals surface area contributed by atoms with Crippen molar-refractivity contribution in [1.82, 2.24) is 10.3 Å². The van der Waals surface area contributed by atoms with Crippen molar-refractivity contribution in [3.05, 3.63) is 40.9 Å². The van der Waals surface area contributed by atoms with E-state index in [0.29, 0.717) is 0 Å². The highest BCUT2D eigenvalue weighted by molar-refractivity contribution is 7.15. The van der Waals surface area contributed by atoms with Crippen LogP contribution in [0.2, 0.25) is 0 Å². The minimum atomic E-state index is -0.151. The SMILES string of the molecule is Cc1nc(-c2ccccc2)sc1C(C)NC(=O)CN.Cl. The number of hydrogen-bond donors (Lipinski definition) is 2. The minimum Gasteiger partial charge on any atom is -0.348 e. The number of thiazole rings is 1. The van der Waals surface area contributed by atoms with Crippen molar-refractivity contribution in [2.45, 2.75) is 19.9 Å². The second kappa shape index (κ2) is 7.38. The molecule has 1 aromatic heterocycles. The number of aromatic nitrogens is 1. The summed E-state index contributed by atoms with van der Waals surface area (Å²) in [4.78, 5) is 17.0. The normalized spacial score (nSPS) is 11.6. The van der Waals surface area contributed by atoms with Gasteiger partial charge in [0, 0.05) is 5.56 Å². The number of halogens is 1. The maximum absolute atomic E-state index is 11.3. The van der Waals surface area contributed by atoms with Crippen molar-refractivity contribution in [3.63, 3.8) is 0 Å². The molecule has 0 bridgehead atoms. The van der Waals surface area contributed by atoms with E-state index in [4.69, 9.17) is 5.73 Å². The third-order valence-electron chi connectivity index (χ3n) is 2.81. The molecule has 0 radical (unpaired) electrons. The Morgan fingerprint density at radius 2 is 2.05 bits per heavy atom. The highest BCUT2D eigenvalue weighted by atomic mass is 35.5. The lowest BCUT2D eigenvalue weighted by atomic mass is 10.2. The summed E-state index contributed by atoms with van der Waals surface area (Å²) in [6, 6.07) is 9.97. The van der Waals surface area contributed by atoms with Gasteiger partial charge in [-0.1, -0.05) is 30.3 Å². The van der Waals surface area contributed by atoms with Crippen molar-refractivity contribution < 1.29 is 4.79 Å². The second-order valence-corrected chi connectivity index (χ2v) is 5.36. The van der Waals surface area contributed by atoms with Crippen LogP contribution in [0.5, 0.6) is 0 Å². The number of amides is 1. The van der Waals surface area contributed by atoms with Crippen LogP contribution in [0.15, 0.2) is 30.3 Å². The first-order valence-electron chi connectivity index (χ1n) is 6.14. The van der Waals surface area contributed by atoms with Gasteiger partial charge in [-0.05, 0) is 13.8 Å². The Kier molecular flexibility index (Phi) is 6.13. The Hall–Kier alpha value is -1.43. The summed E-state index contributed by atoms with van der Waals surface area (Å²) in [5.74, 6) is -0.151. The number of carbonyl (C=O) groups is 1. The number of hydrogen-bond acceptors (Lipinski definition) is 4. The molecule has 3 N–H and O–H groups in total. The summed E-state index contributed by atoms with van der Waals surface area (Å²) in [6.07, 6.45) is 0. The molecule has 1 unspecified atom stereocenters. The number of nitrogens with two attached hydrogens (primary N) is 1. The lowest BCUT2D eigenvalue weighted by molar-refractivity contribution is -0.120. The Labute approximate surface area is 128 Å². The maximum Gasteiger partial charge on any atom is 0.234 e. The summed E-state index contributed by atoms with van der Waals surface area (Å²) in [7, 11) is 0. The summed E-state index contributed by atoms with van der Waals surface area (Å²) in [5, 5.41) is 3.83. The Morgan fingerprint density at radius 3 is 2.65 bits per heavy atom. The lowest BCUT2D eigenvalue weighted by Gasteiger charge is -2.11. The van der Waals surface area contributed by atoms with Crippen LogP contribution < -0.4 is 11.1 Å². The van der Waals surface area contributed by atoms with E-state index in [1.165, 1.54) is 0 Å². The predicted molar refractivity (Wildman–Crippen MR) is 85.1 cm³/mol. The summed E-state index contributed by atoms with van der Waals surface area (Å²) in [5.41, 5.74) is 7.36. The molecule has 108 valence electrons. The third kappa shape index (κ3) is 3.79. The van der Waals surface area contributed by atoms with Gasteiger partial charge in [0.25, 0.3) is 0 Å². The van der Waals surface area contributed by atoms with Gasteiger partial charge in [-0.2, -0.15) is 0 Å². The molecule has 2 aromatic rings. The molecule has 4 nitrogen and oxygen atoms in total. The van der Waals surface area contributed by atoms with E-state index >= 15 is 0 Å². The molecular weight excluding hydrogens is 294 g/mol. The van der Waals surface area contributed by atoms with Gasteiger partial charge in [0.05, 0.1) is 23.2 Å². The van der Waals surface area contributed by atoms with E-state index in [-0.39, 0.29) is 30.9 Å². The molecular formula is C14H18ClN3OS. The third-order valence-corrected chi connectivity index (χ3v) is 4.20. The number of nitrogens with one attached hydrogen (secondary N) is 1. The van der Waals surface area contributed by atoms with Crippen LogP contribution in [0.3, 0.4) is 0 Å². The largest absolute Gasteiger partial charge is 0.348 e. The predicted octanol–water partition coefficient (Wildman–Crippen LogP) is 2.68. The smallest absolute Gasteiger partial charge is 0.234 e. The fraction of sp³-hybridized carbons (Fsp3) is 0.286. The molecule has 0 fully saturated rings. The standard InChI is InChI=1S/C14H17N3OS.ClH/c1-9(16-12(18)8-15)13-10(2)17-14(19-13)11-6-4-3-5-7-11;/h3-7,9H,8,15H2,1-2H3,(H,16,18);1H. The van der Waals surface area contributed by atoms with E-state index in [2.05, 4.69) is 10.3 Å². The number of aryl methyl sites for hydroxylation is 1. The lowest BCUT2D eigenvalue weighted by Crippen LogP contribution is -2.32. The zero-order valence-electron chi connectivity index (χ0n) is 11.4. The van der Waals surface area contributed by atoms with Crippen LogP contribution in [0.4, 0.5) is 0 Å². The fourth-order valence-corrected chi connectivity index (χ4v) is 2.95. The van der Waals surface area contributed by atoms with Gasteiger partial charge in [-0.25, -0.2) is 4.98 Å². The molecule has 0 saturated heterocycles. The first-order chi connectivity index (χ1) is 9.11. The quantitative estimate of drug-likeness (QED) is 0.912. The van der Waals surface area contributed by atoms with Gasteiger partial charge < -0.3 is 11.1 Å². The first kappa shape index (κ1) is 16.6. The number of benzene rings is 1. The van der Waals surface area contributed by atoms with Gasteiger partial charge in [0.1, 0.15) is 5.01 Å². The molecule has 20 heavy (non-hydrogen) atoms. The van der Waals surface area contributed by atoms with Crippen LogP contribution in [-0.4, -0.2) is 17.4 Å². The molecule has 0 saturated carbocycles. The molecule has 0 aliphatic rings. The first-order valence-corrected chi connectivity index (χ1v) is 6.95. The van der Waals surface area contributed by atoms with Crippen molar-refractivity contribution in [3.8, 4) is 10.6 Å². The Bertz CT molecular complexity index is 571. The number of rotatable bonds is 4. The van der Waals surface area contributed by atoms with Gasteiger partial charge >= 0.3 is 0 Å². The fourth-order valence-electron chi connectivity index (χ4n) is 1.88. The number of nitrogens with zero attached hydrogens (tertiary/aromatic N) is 1. The van der Waals surface area contributed by atoms with Crippen LogP contribution in [0.1, 0.15) is 23.5 Å². The van der Waals surface area contributed by atoms with E-state index in [9.17, 15) is 4.79 Å². The van der Waals surface area contributed by atoms with Crippen LogP contribution in [-0.2, 0) is 4.79 Å². The van der Waals surface area contributed by atoms with E-state index < -0.39 is 0 Å². The molecule has 0 spiro atoms. The summed E-state index contributed by atoms with van der Waals surface area (Å²) in [6.45, 7) is 3.92. The van der Waals surface area contributed by atoms with Gasteiger partial charge in [-0.15, -0.1) is 23.7 Å². The van der Waals surface area contributed by atoms with Gasteiger partial charge in [0.2, 0.25) is 5.91 Å². The van der Waals surface area contributed by atoms with Crippen LogP contribution in [0, 0.1) is 6.92 Å². The second-order valence-electron chi connectivity index (χ2n) is 4.33. The molecule has 2 rings (SSSR count). The van der Waals surface area contributed by atoms with E-state index in [1.807, 2.05) is 44.2 Å². The summed E-state index contributed by atoms with van der Waals surface area (Å²) >= 11 is 1.61. The average molecular weight is 312 g/mol. The Morgan fingerprint density at radius 1 is 1.40 bits per heavy atom. The maximum atomic E-state index is 11.3. The zero-order chi connectivity index (χ0) is 13.8. The molecule has 1 atom stereocenters. The molecule has 1 amide bonds. The van der Waals surface area contributed by atoms with Crippen molar-refractivity contribution in [2.24, 2.45) is 5.73 Å². The molecule has 1 aromatic carbocycles. The highest BCUT2D eigenvalue weighted by Crippen LogP contribution is 2.31. The minimum absolute atomic E-state index is 0. The topological polar surface area (TPSA) is 68.0 Å². The molecule has 0 aliphatic heterocycles. The summed E-state index contributed by atoms with van der Waals surface area (Å²) < 4.78 is 0. The Balaban J connectivity index is 0.00000200.